The first-order valence-electron chi connectivity index (χ1n) is 5.99. The second kappa shape index (κ2) is 5.76. The molecule has 2 aromatic rings. The van der Waals surface area contributed by atoms with Gasteiger partial charge < -0.3 is 20.5 Å². The van der Waals surface area contributed by atoms with Crippen LogP contribution >= 0.6 is 7.60 Å². The number of aromatic nitrogens is 1. The SMILES string of the molecule is NC(=O)C(Cc1c[nH]c2ccccc12)NCP(=O)(O)O. The number of rotatable bonds is 6. The van der Waals surface area contributed by atoms with Gasteiger partial charge in [0.1, 0.15) is 0 Å². The summed E-state index contributed by atoms with van der Waals surface area (Å²) in [5, 5.41) is 3.47. The van der Waals surface area contributed by atoms with Gasteiger partial charge in [-0.1, -0.05) is 18.2 Å². The quantitative estimate of drug-likeness (QED) is 0.489. The van der Waals surface area contributed by atoms with Crippen molar-refractivity contribution in [2.45, 2.75) is 12.5 Å². The Kier molecular flexibility index (Phi) is 4.25. The monoisotopic (exact) mass is 297 g/mol. The number of benzene rings is 1. The fourth-order valence-electron chi connectivity index (χ4n) is 2.02. The lowest BCUT2D eigenvalue weighted by Crippen LogP contribution is -2.43. The first-order chi connectivity index (χ1) is 9.37. The van der Waals surface area contributed by atoms with Crippen LogP contribution < -0.4 is 11.1 Å². The van der Waals surface area contributed by atoms with E-state index in [1.54, 1.807) is 6.20 Å². The number of amides is 1. The van der Waals surface area contributed by atoms with Crippen molar-refractivity contribution in [2.75, 3.05) is 6.29 Å². The number of hydrogen-bond acceptors (Lipinski definition) is 3. The van der Waals surface area contributed by atoms with E-state index in [2.05, 4.69) is 10.3 Å². The fraction of sp³-hybridized carbons (Fsp3) is 0.250. The summed E-state index contributed by atoms with van der Waals surface area (Å²) in [4.78, 5) is 32.1. The fourth-order valence-corrected chi connectivity index (χ4v) is 2.48. The molecule has 1 atom stereocenters. The summed E-state index contributed by atoms with van der Waals surface area (Å²) in [6.07, 6.45) is 1.45. The van der Waals surface area contributed by atoms with Crippen LogP contribution in [-0.4, -0.2) is 33.0 Å². The molecular formula is C12H16N3O4P. The topological polar surface area (TPSA) is 128 Å². The molecule has 1 aromatic carbocycles. The Bertz CT molecular complexity index is 664. The van der Waals surface area contributed by atoms with Gasteiger partial charge in [-0.3, -0.25) is 14.7 Å². The number of nitrogens with one attached hydrogen (secondary N) is 2. The number of para-hydroxylation sites is 1. The van der Waals surface area contributed by atoms with Crippen LogP contribution in [0.15, 0.2) is 30.5 Å². The predicted octanol–water partition coefficient (Wildman–Crippen LogP) is 0.289. The zero-order chi connectivity index (χ0) is 14.8. The Hall–Kier alpha value is -1.66. The smallest absolute Gasteiger partial charge is 0.339 e. The van der Waals surface area contributed by atoms with Gasteiger partial charge in [-0.2, -0.15) is 0 Å². The van der Waals surface area contributed by atoms with E-state index >= 15 is 0 Å². The Labute approximate surface area is 115 Å². The summed E-state index contributed by atoms with van der Waals surface area (Å²) in [6.45, 7) is 0. The average molecular weight is 297 g/mol. The van der Waals surface area contributed by atoms with Gasteiger partial charge in [0.05, 0.1) is 12.3 Å². The van der Waals surface area contributed by atoms with Gasteiger partial charge in [-0.25, -0.2) is 0 Å². The standard InChI is InChI=1S/C12H16N3O4P/c13-12(16)11(15-7-20(17,18)19)5-8-6-14-10-4-2-1-3-9(8)10/h1-4,6,11,14-15H,5,7H2,(H2,13,16)(H2,17,18,19). The molecule has 108 valence electrons. The molecule has 1 amide bonds. The lowest BCUT2D eigenvalue weighted by molar-refractivity contribution is -0.119. The summed E-state index contributed by atoms with van der Waals surface area (Å²) in [7, 11) is -4.22. The predicted molar refractivity (Wildman–Crippen MR) is 75.0 cm³/mol. The number of carbonyl (C=O) groups excluding carboxylic acids is 1. The van der Waals surface area contributed by atoms with Crippen molar-refractivity contribution in [3.8, 4) is 0 Å². The maximum absolute atomic E-state index is 11.4. The summed E-state index contributed by atoms with van der Waals surface area (Å²) in [6, 6.07) is 6.74. The second-order valence-electron chi connectivity index (χ2n) is 4.55. The van der Waals surface area contributed by atoms with Crippen molar-refractivity contribution in [1.82, 2.24) is 10.3 Å². The number of nitrogens with two attached hydrogens (primary N) is 1. The highest BCUT2D eigenvalue weighted by Gasteiger charge is 2.21. The normalized spacial score (nSPS) is 13.5. The highest BCUT2D eigenvalue weighted by molar-refractivity contribution is 7.51. The van der Waals surface area contributed by atoms with Crippen LogP contribution in [0.25, 0.3) is 10.9 Å². The second-order valence-corrected chi connectivity index (χ2v) is 6.19. The van der Waals surface area contributed by atoms with Gasteiger partial charge in [0.25, 0.3) is 0 Å². The molecule has 2 rings (SSSR count). The number of fused-ring (bicyclic) bond motifs is 1. The highest BCUT2D eigenvalue weighted by atomic mass is 31.2. The van der Waals surface area contributed by atoms with Crippen molar-refractivity contribution < 1.29 is 19.1 Å². The van der Waals surface area contributed by atoms with Crippen molar-refractivity contribution in [1.29, 1.82) is 0 Å². The maximum Gasteiger partial charge on any atom is 0.339 e. The first kappa shape index (κ1) is 14.7. The van der Waals surface area contributed by atoms with E-state index in [0.717, 1.165) is 16.5 Å². The molecule has 6 N–H and O–H groups in total. The van der Waals surface area contributed by atoms with Crippen LogP contribution in [0.4, 0.5) is 0 Å². The third-order valence-electron chi connectivity index (χ3n) is 2.99. The van der Waals surface area contributed by atoms with Crippen LogP contribution in [0.1, 0.15) is 5.56 Å². The van der Waals surface area contributed by atoms with Crippen LogP contribution in [0, 0.1) is 0 Å². The third kappa shape index (κ3) is 3.68. The molecule has 0 aliphatic heterocycles. The minimum absolute atomic E-state index is 0.263. The molecule has 0 spiro atoms. The van der Waals surface area contributed by atoms with Crippen molar-refractivity contribution >= 4 is 24.4 Å². The third-order valence-corrected chi connectivity index (χ3v) is 3.58. The minimum atomic E-state index is -4.22. The molecule has 0 aliphatic carbocycles. The molecule has 0 saturated carbocycles. The van der Waals surface area contributed by atoms with E-state index in [9.17, 15) is 9.36 Å². The van der Waals surface area contributed by atoms with Gasteiger partial charge in [0.15, 0.2) is 0 Å². The van der Waals surface area contributed by atoms with Gasteiger partial charge in [-0.15, -0.1) is 0 Å². The van der Waals surface area contributed by atoms with Crippen molar-refractivity contribution in [2.24, 2.45) is 5.73 Å². The Balaban J connectivity index is 2.16. The van der Waals surface area contributed by atoms with Crippen LogP contribution in [0.3, 0.4) is 0 Å². The van der Waals surface area contributed by atoms with Crippen LogP contribution in [0.5, 0.6) is 0 Å². The lowest BCUT2D eigenvalue weighted by atomic mass is 10.0. The van der Waals surface area contributed by atoms with E-state index in [4.69, 9.17) is 15.5 Å². The van der Waals surface area contributed by atoms with Gasteiger partial charge in [0.2, 0.25) is 5.91 Å². The Morgan fingerprint density at radius 1 is 1.40 bits per heavy atom. The van der Waals surface area contributed by atoms with Gasteiger partial charge >= 0.3 is 7.60 Å². The van der Waals surface area contributed by atoms with E-state index in [0.29, 0.717) is 0 Å². The molecule has 0 saturated heterocycles. The zero-order valence-corrected chi connectivity index (χ0v) is 11.5. The molecular weight excluding hydrogens is 281 g/mol. The first-order valence-corrected chi connectivity index (χ1v) is 7.79. The summed E-state index contributed by atoms with van der Waals surface area (Å²) < 4.78 is 10.8. The van der Waals surface area contributed by atoms with Crippen molar-refractivity contribution in [3.05, 3.63) is 36.0 Å². The summed E-state index contributed by atoms with van der Waals surface area (Å²) in [5.74, 6) is -0.649. The average Bonchev–Trinajstić information content (AvgIpc) is 2.76. The molecule has 0 aliphatic rings. The van der Waals surface area contributed by atoms with E-state index in [1.165, 1.54) is 0 Å². The van der Waals surface area contributed by atoms with E-state index in [-0.39, 0.29) is 6.42 Å². The van der Waals surface area contributed by atoms with Crippen molar-refractivity contribution in [3.63, 3.8) is 0 Å². The Morgan fingerprint density at radius 3 is 2.75 bits per heavy atom. The number of primary amides is 1. The number of aromatic amines is 1. The van der Waals surface area contributed by atoms with E-state index < -0.39 is 25.8 Å². The zero-order valence-electron chi connectivity index (χ0n) is 10.6. The molecule has 0 radical (unpaired) electrons. The molecule has 1 heterocycles. The molecule has 1 aromatic heterocycles. The number of H-pyrrole nitrogens is 1. The lowest BCUT2D eigenvalue weighted by Gasteiger charge is -2.15. The van der Waals surface area contributed by atoms with E-state index in [1.807, 2.05) is 24.3 Å². The maximum atomic E-state index is 11.4. The molecule has 1 unspecified atom stereocenters. The highest BCUT2D eigenvalue weighted by Crippen LogP contribution is 2.32. The van der Waals surface area contributed by atoms with Crippen LogP contribution in [0.2, 0.25) is 0 Å². The number of carbonyl (C=O) groups is 1. The van der Waals surface area contributed by atoms with Crippen LogP contribution in [-0.2, 0) is 15.8 Å². The molecule has 7 nitrogen and oxygen atoms in total. The molecule has 0 fully saturated rings. The number of hydrogen-bond donors (Lipinski definition) is 5. The molecule has 20 heavy (non-hydrogen) atoms. The Morgan fingerprint density at radius 2 is 2.10 bits per heavy atom. The summed E-state index contributed by atoms with van der Waals surface area (Å²) >= 11 is 0. The summed E-state index contributed by atoms with van der Waals surface area (Å²) in [5.41, 5.74) is 7.06. The molecule has 0 bridgehead atoms. The molecule has 8 heteroatoms. The van der Waals surface area contributed by atoms with Gasteiger partial charge in [0, 0.05) is 17.1 Å². The largest absolute Gasteiger partial charge is 0.368 e. The minimum Gasteiger partial charge on any atom is -0.368 e. The van der Waals surface area contributed by atoms with Gasteiger partial charge in [-0.05, 0) is 18.1 Å².